The van der Waals surface area contributed by atoms with Gasteiger partial charge in [-0.15, -0.1) is 0 Å². The Morgan fingerprint density at radius 1 is 1.00 bits per heavy atom. The molecule has 0 aliphatic carbocycles. The Labute approximate surface area is 97.5 Å². The minimum absolute atomic E-state index is 0.356. The second-order valence-electron chi connectivity index (χ2n) is 3.40. The third-order valence-electron chi connectivity index (χ3n) is 2.24. The molecule has 0 unspecified atom stereocenters. The Bertz CT molecular complexity index is 500. The number of hydrogen-bond acceptors (Lipinski definition) is 1. The normalized spacial score (nSPS) is 10.1. The van der Waals surface area contributed by atoms with E-state index in [1.54, 1.807) is 30.3 Å². The maximum atomic E-state index is 13.1. The van der Waals surface area contributed by atoms with Gasteiger partial charge < -0.3 is 0 Å². The van der Waals surface area contributed by atoms with Crippen LogP contribution in [0.3, 0.4) is 0 Å². The molecular weight excluding hydrogens is 227 g/mol. The Morgan fingerprint density at radius 3 is 2.25 bits per heavy atom. The first-order valence-electron chi connectivity index (χ1n) is 4.71. The number of carbonyl (C=O) groups excluding carboxylic acids is 1. The molecule has 16 heavy (non-hydrogen) atoms. The summed E-state index contributed by atoms with van der Waals surface area (Å²) in [7, 11) is 0. The second kappa shape index (κ2) is 4.45. The van der Waals surface area contributed by atoms with Gasteiger partial charge in [0.25, 0.3) is 0 Å². The van der Waals surface area contributed by atoms with Crippen molar-refractivity contribution in [3.05, 3.63) is 58.9 Å². The smallest absolute Gasteiger partial charge is 0.150 e. The lowest BCUT2D eigenvalue weighted by molar-refractivity contribution is 0.112. The highest BCUT2D eigenvalue weighted by Crippen LogP contribution is 2.24. The molecular formula is C13H8ClFO. The highest BCUT2D eigenvalue weighted by molar-refractivity contribution is 6.30. The van der Waals surface area contributed by atoms with Gasteiger partial charge in [0.2, 0.25) is 0 Å². The van der Waals surface area contributed by atoms with E-state index in [9.17, 15) is 9.18 Å². The van der Waals surface area contributed by atoms with Crippen molar-refractivity contribution < 1.29 is 9.18 Å². The maximum Gasteiger partial charge on any atom is 0.150 e. The van der Waals surface area contributed by atoms with Crippen LogP contribution < -0.4 is 0 Å². The lowest BCUT2D eigenvalue weighted by atomic mass is 10.0. The van der Waals surface area contributed by atoms with E-state index in [0.717, 1.165) is 11.8 Å². The van der Waals surface area contributed by atoms with Crippen LogP contribution in [0.5, 0.6) is 0 Å². The zero-order valence-corrected chi connectivity index (χ0v) is 9.04. The molecule has 0 N–H and O–H groups in total. The molecule has 1 nitrogen and oxygen atoms in total. The third kappa shape index (κ3) is 2.28. The second-order valence-corrected chi connectivity index (χ2v) is 3.83. The fourth-order valence-corrected chi connectivity index (χ4v) is 1.70. The summed E-state index contributed by atoms with van der Waals surface area (Å²) in [5, 5.41) is 0.356. The minimum atomic E-state index is -0.373. The molecule has 3 heteroatoms. The van der Waals surface area contributed by atoms with Crippen molar-refractivity contribution in [2.75, 3.05) is 0 Å². The SMILES string of the molecule is O=Cc1ccc(-c2cc(F)cc(Cl)c2)cc1. The first-order chi connectivity index (χ1) is 7.69. The topological polar surface area (TPSA) is 17.1 Å². The molecule has 0 atom stereocenters. The van der Waals surface area contributed by atoms with Crippen molar-refractivity contribution in [2.24, 2.45) is 0 Å². The first-order valence-corrected chi connectivity index (χ1v) is 5.08. The van der Waals surface area contributed by atoms with Crippen molar-refractivity contribution in [3.8, 4) is 11.1 Å². The summed E-state index contributed by atoms with van der Waals surface area (Å²) in [6.07, 6.45) is 0.766. The monoisotopic (exact) mass is 234 g/mol. The number of rotatable bonds is 2. The average Bonchev–Trinajstić information content (AvgIpc) is 2.28. The summed E-state index contributed by atoms with van der Waals surface area (Å²) in [5.74, 6) is -0.373. The quantitative estimate of drug-likeness (QED) is 0.719. The van der Waals surface area contributed by atoms with Crippen LogP contribution in [0.1, 0.15) is 10.4 Å². The molecule has 0 amide bonds. The van der Waals surface area contributed by atoms with Gasteiger partial charge in [-0.2, -0.15) is 0 Å². The van der Waals surface area contributed by atoms with Crippen molar-refractivity contribution >= 4 is 17.9 Å². The molecule has 80 valence electrons. The van der Waals surface area contributed by atoms with Crippen LogP contribution in [-0.4, -0.2) is 6.29 Å². The molecule has 0 aliphatic rings. The molecule has 0 spiro atoms. The molecule has 0 radical (unpaired) electrons. The van der Waals surface area contributed by atoms with E-state index in [-0.39, 0.29) is 5.82 Å². The van der Waals surface area contributed by atoms with E-state index >= 15 is 0 Å². The van der Waals surface area contributed by atoms with Crippen molar-refractivity contribution in [1.29, 1.82) is 0 Å². The molecule has 0 saturated carbocycles. The van der Waals surface area contributed by atoms with Crippen LogP contribution in [0, 0.1) is 5.82 Å². The highest BCUT2D eigenvalue weighted by Gasteiger charge is 2.02. The van der Waals surface area contributed by atoms with E-state index in [0.29, 0.717) is 16.1 Å². The van der Waals surface area contributed by atoms with E-state index in [1.165, 1.54) is 12.1 Å². The van der Waals surface area contributed by atoms with E-state index < -0.39 is 0 Å². The molecule has 0 fully saturated rings. The molecule has 0 heterocycles. The van der Waals surface area contributed by atoms with Gasteiger partial charge in [-0.25, -0.2) is 4.39 Å². The fourth-order valence-electron chi connectivity index (χ4n) is 1.47. The van der Waals surface area contributed by atoms with Crippen LogP contribution in [0.4, 0.5) is 4.39 Å². The summed E-state index contributed by atoms with van der Waals surface area (Å²) >= 11 is 5.76. The largest absolute Gasteiger partial charge is 0.298 e. The molecule has 0 saturated heterocycles. The van der Waals surface area contributed by atoms with Gasteiger partial charge in [0.1, 0.15) is 12.1 Å². The van der Waals surface area contributed by atoms with Crippen LogP contribution in [0.2, 0.25) is 5.02 Å². The van der Waals surface area contributed by atoms with Gasteiger partial charge in [0, 0.05) is 10.6 Å². The molecule has 2 rings (SSSR count). The Kier molecular flexibility index (Phi) is 3.02. The zero-order valence-electron chi connectivity index (χ0n) is 8.28. The minimum Gasteiger partial charge on any atom is -0.298 e. The summed E-state index contributed by atoms with van der Waals surface area (Å²) < 4.78 is 13.1. The fraction of sp³-hybridized carbons (Fsp3) is 0. The van der Waals surface area contributed by atoms with Crippen LogP contribution in [-0.2, 0) is 0 Å². The van der Waals surface area contributed by atoms with Crippen molar-refractivity contribution in [3.63, 3.8) is 0 Å². The average molecular weight is 235 g/mol. The number of carbonyl (C=O) groups is 1. The van der Waals surface area contributed by atoms with Gasteiger partial charge in [0.05, 0.1) is 0 Å². The predicted octanol–water partition coefficient (Wildman–Crippen LogP) is 3.96. The molecule has 0 aromatic heterocycles. The number of hydrogen-bond donors (Lipinski definition) is 0. The Hall–Kier alpha value is -1.67. The van der Waals surface area contributed by atoms with Crippen LogP contribution in [0.15, 0.2) is 42.5 Å². The highest BCUT2D eigenvalue weighted by atomic mass is 35.5. The number of benzene rings is 2. The number of aldehydes is 1. The number of halogens is 2. The molecule has 0 bridgehead atoms. The van der Waals surface area contributed by atoms with Gasteiger partial charge in [0.15, 0.2) is 0 Å². The summed E-state index contributed by atoms with van der Waals surface area (Å²) in [4.78, 5) is 10.5. The first kappa shape index (κ1) is 10.8. The lowest BCUT2D eigenvalue weighted by Crippen LogP contribution is -1.83. The van der Waals surface area contributed by atoms with Gasteiger partial charge >= 0.3 is 0 Å². The Morgan fingerprint density at radius 2 is 1.69 bits per heavy atom. The molecule has 2 aromatic rings. The van der Waals surface area contributed by atoms with Gasteiger partial charge in [-0.05, 0) is 29.3 Å². The zero-order chi connectivity index (χ0) is 11.5. The summed E-state index contributed by atoms with van der Waals surface area (Å²) in [5.41, 5.74) is 2.11. The third-order valence-corrected chi connectivity index (χ3v) is 2.46. The van der Waals surface area contributed by atoms with E-state index in [1.807, 2.05) is 0 Å². The lowest BCUT2D eigenvalue weighted by Gasteiger charge is -2.03. The van der Waals surface area contributed by atoms with E-state index in [4.69, 9.17) is 11.6 Å². The summed E-state index contributed by atoms with van der Waals surface area (Å²) in [6.45, 7) is 0. The van der Waals surface area contributed by atoms with E-state index in [2.05, 4.69) is 0 Å². The van der Waals surface area contributed by atoms with Gasteiger partial charge in [-0.3, -0.25) is 4.79 Å². The van der Waals surface area contributed by atoms with Crippen LogP contribution >= 0.6 is 11.6 Å². The molecule has 0 aliphatic heterocycles. The molecule has 2 aromatic carbocycles. The Balaban J connectivity index is 2.45. The predicted molar refractivity (Wildman–Crippen MR) is 62.2 cm³/mol. The van der Waals surface area contributed by atoms with Gasteiger partial charge in [-0.1, -0.05) is 35.9 Å². The van der Waals surface area contributed by atoms with Crippen molar-refractivity contribution in [1.82, 2.24) is 0 Å². The maximum absolute atomic E-state index is 13.1. The summed E-state index contributed by atoms with van der Waals surface area (Å²) in [6, 6.07) is 11.2. The standard InChI is InChI=1S/C13H8ClFO/c14-12-5-11(6-13(15)7-12)10-3-1-9(8-16)2-4-10/h1-8H. The van der Waals surface area contributed by atoms with Crippen molar-refractivity contribution in [2.45, 2.75) is 0 Å². The van der Waals surface area contributed by atoms with Crippen LogP contribution in [0.25, 0.3) is 11.1 Å².